The van der Waals surface area contributed by atoms with Crippen molar-refractivity contribution < 1.29 is 14.0 Å². The number of nitrogens with two attached hydrogens (primary N) is 1. The Hall–Kier alpha value is -2.29. The lowest BCUT2D eigenvalue weighted by molar-refractivity contribution is -0.133. The van der Waals surface area contributed by atoms with Crippen molar-refractivity contribution in [2.45, 2.75) is 57.0 Å². The summed E-state index contributed by atoms with van der Waals surface area (Å²) in [5, 5.41) is 8.88. The highest BCUT2D eigenvalue weighted by Crippen LogP contribution is 2.28. The van der Waals surface area contributed by atoms with Gasteiger partial charge >= 0.3 is 0 Å². The van der Waals surface area contributed by atoms with Gasteiger partial charge in [0.25, 0.3) is 0 Å². The molecule has 0 saturated carbocycles. The molecule has 1 fully saturated rings. The summed E-state index contributed by atoms with van der Waals surface area (Å²) in [4.78, 5) is 26.2. The number of aromatic nitrogens is 3. The molecule has 3 atom stereocenters. The highest BCUT2D eigenvalue weighted by atomic mass is 32.2. The van der Waals surface area contributed by atoms with Crippen LogP contribution in [0.2, 0.25) is 0 Å². The first kappa shape index (κ1) is 21.4. The number of carbonyl (C=O) groups excluding carboxylic acids is 2. The fourth-order valence-corrected chi connectivity index (χ4v) is 4.80. The Labute approximate surface area is 175 Å². The van der Waals surface area contributed by atoms with E-state index in [0.29, 0.717) is 35.8 Å². The van der Waals surface area contributed by atoms with Gasteiger partial charge < -0.3 is 15.1 Å². The van der Waals surface area contributed by atoms with Gasteiger partial charge in [0.15, 0.2) is 5.16 Å². The second-order valence-electron chi connectivity index (χ2n) is 7.98. The third-order valence-corrected chi connectivity index (χ3v) is 6.16. The van der Waals surface area contributed by atoms with Crippen LogP contribution in [-0.4, -0.2) is 49.8 Å². The van der Waals surface area contributed by atoms with Gasteiger partial charge in [-0.2, -0.15) is 0 Å². The van der Waals surface area contributed by atoms with Gasteiger partial charge in [0.1, 0.15) is 11.6 Å². The van der Waals surface area contributed by atoms with Crippen LogP contribution < -0.4 is 5.73 Å². The summed E-state index contributed by atoms with van der Waals surface area (Å²) in [5.74, 6) is 2.18. The first-order valence-electron chi connectivity index (χ1n) is 10.0. The predicted octanol–water partition coefficient (Wildman–Crippen LogP) is 2.32. The van der Waals surface area contributed by atoms with Gasteiger partial charge in [-0.05, 0) is 37.3 Å². The third kappa shape index (κ3) is 5.62. The van der Waals surface area contributed by atoms with Gasteiger partial charge in [0, 0.05) is 25.9 Å². The van der Waals surface area contributed by atoms with E-state index in [1.54, 1.807) is 6.26 Å². The van der Waals surface area contributed by atoms with Gasteiger partial charge in [0.05, 0.1) is 18.1 Å². The molecule has 0 aromatic carbocycles. The first-order chi connectivity index (χ1) is 13.8. The number of furan rings is 1. The molecule has 0 bridgehead atoms. The van der Waals surface area contributed by atoms with Crippen molar-refractivity contribution in [3.63, 3.8) is 0 Å². The van der Waals surface area contributed by atoms with Crippen LogP contribution in [0, 0.1) is 11.8 Å². The third-order valence-electron chi connectivity index (χ3n) is 5.09. The summed E-state index contributed by atoms with van der Waals surface area (Å²) in [7, 11) is 0. The van der Waals surface area contributed by atoms with Crippen molar-refractivity contribution in [2.75, 3.05) is 13.1 Å². The Balaban J connectivity index is 1.74. The minimum Gasteiger partial charge on any atom is -0.467 e. The number of primary amides is 1. The lowest BCUT2D eigenvalue weighted by Crippen LogP contribution is -2.45. The van der Waals surface area contributed by atoms with Crippen LogP contribution >= 0.6 is 11.8 Å². The van der Waals surface area contributed by atoms with E-state index < -0.39 is 0 Å². The number of nitrogens with zero attached hydrogens (tertiary/aromatic N) is 4. The van der Waals surface area contributed by atoms with E-state index in [1.165, 1.54) is 11.8 Å². The molecule has 158 valence electrons. The summed E-state index contributed by atoms with van der Waals surface area (Å²) in [6, 6.07) is 3.69. The highest BCUT2D eigenvalue weighted by molar-refractivity contribution is 8.00. The molecule has 0 radical (unpaired) electrons. The molecule has 8 nitrogen and oxygen atoms in total. The van der Waals surface area contributed by atoms with E-state index in [9.17, 15) is 9.59 Å². The van der Waals surface area contributed by atoms with Crippen molar-refractivity contribution in [1.29, 1.82) is 0 Å². The number of likely N-dealkylation sites (tertiary alicyclic amines) is 1. The summed E-state index contributed by atoms with van der Waals surface area (Å²) in [6.45, 7) is 8.34. The van der Waals surface area contributed by atoms with Crippen LogP contribution in [0.1, 0.15) is 45.2 Å². The Kier molecular flexibility index (Phi) is 7.00. The maximum Gasteiger partial charge on any atom is 0.235 e. The maximum atomic E-state index is 13.0. The Morgan fingerprint density at radius 1 is 1.31 bits per heavy atom. The molecule has 9 heteroatoms. The Bertz CT molecular complexity index is 825. The molecule has 1 aliphatic heterocycles. The topological polar surface area (TPSA) is 107 Å². The summed E-state index contributed by atoms with van der Waals surface area (Å²) < 4.78 is 7.36. The largest absolute Gasteiger partial charge is 0.467 e. The minimum atomic E-state index is -0.386. The molecule has 3 unspecified atom stereocenters. The monoisotopic (exact) mass is 419 g/mol. The van der Waals surface area contributed by atoms with Crippen LogP contribution in [0.25, 0.3) is 0 Å². The molecule has 2 aromatic heterocycles. The first-order valence-corrected chi connectivity index (χ1v) is 10.9. The van der Waals surface area contributed by atoms with Crippen LogP contribution in [0.4, 0.5) is 0 Å². The van der Waals surface area contributed by atoms with Crippen molar-refractivity contribution >= 4 is 23.6 Å². The van der Waals surface area contributed by atoms with Gasteiger partial charge in [-0.15, -0.1) is 10.2 Å². The molecule has 2 amide bonds. The average Bonchev–Trinajstić information content (AvgIpc) is 3.29. The second-order valence-corrected chi connectivity index (χ2v) is 9.29. The Morgan fingerprint density at radius 2 is 2.03 bits per heavy atom. The zero-order valence-electron chi connectivity index (χ0n) is 17.2. The molecular weight excluding hydrogens is 390 g/mol. The fourth-order valence-electron chi connectivity index (χ4n) is 3.85. The SMILES string of the molecule is CC1CC(C)CN(C(=O)C(C)Sc2nnc(CCC(N)=O)n2Cc2ccco2)C1. The van der Waals surface area contributed by atoms with Crippen LogP contribution in [0.5, 0.6) is 0 Å². The number of hydrogen-bond donors (Lipinski definition) is 1. The zero-order valence-corrected chi connectivity index (χ0v) is 18.0. The van der Waals surface area contributed by atoms with E-state index in [-0.39, 0.29) is 23.5 Å². The van der Waals surface area contributed by atoms with Crippen molar-refractivity contribution in [1.82, 2.24) is 19.7 Å². The number of piperidine rings is 1. The molecule has 2 aromatic rings. The number of amides is 2. The lowest BCUT2D eigenvalue weighted by Gasteiger charge is -2.36. The molecule has 3 rings (SSSR count). The summed E-state index contributed by atoms with van der Waals surface area (Å²) in [5.41, 5.74) is 5.29. The van der Waals surface area contributed by atoms with E-state index in [2.05, 4.69) is 24.0 Å². The number of aryl methyl sites for hydroxylation is 1. The fraction of sp³-hybridized carbons (Fsp3) is 0.600. The van der Waals surface area contributed by atoms with E-state index in [4.69, 9.17) is 10.2 Å². The van der Waals surface area contributed by atoms with Crippen molar-refractivity contribution in [3.8, 4) is 0 Å². The van der Waals surface area contributed by atoms with Gasteiger partial charge in [-0.1, -0.05) is 25.6 Å². The smallest absolute Gasteiger partial charge is 0.235 e. The molecule has 1 aliphatic rings. The number of hydrogen-bond acceptors (Lipinski definition) is 6. The van der Waals surface area contributed by atoms with E-state index in [1.807, 2.05) is 28.5 Å². The molecule has 0 spiro atoms. The number of thioether (sulfide) groups is 1. The molecule has 1 saturated heterocycles. The molecule has 29 heavy (non-hydrogen) atoms. The normalized spacial score (nSPS) is 20.6. The quantitative estimate of drug-likeness (QED) is 0.658. The zero-order chi connectivity index (χ0) is 21.0. The van der Waals surface area contributed by atoms with Crippen LogP contribution in [0.15, 0.2) is 28.0 Å². The lowest BCUT2D eigenvalue weighted by atomic mass is 9.92. The average molecular weight is 420 g/mol. The molecule has 0 aliphatic carbocycles. The Morgan fingerprint density at radius 3 is 2.66 bits per heavy atom. The summed E-state index contributed by atoms with van der Waals surface area (Å²) in [6.07, 6.45) is 3.36. The van der Waals surface area contributed by atoms with E-state index >= 15 is 0 Å². The van der Waals surface area contributed by atoms with E-state index in [0.717, 1.165) is 25.3 Å². The maximum absolute atomic E-state index is 13.0. The second kappa shape index (κ2) is 9.47. The number of rotatable bonds is 8. The van der Waals surface area contributed by atoms with Crippen molar-refractivity contribution in [3.05, 3.63) is 30.0 Å². The number of carbonyl (C=O) groups is 2. The molecule has 2 N–H and O–H groups in total. The van der Waals surface area contributed by atoms with Gasteiger partial charge in [-0.25, -0.2) is 0 Å². The molecule has 3 heterocycles. The standard InChI is InChI=1S/C20H29N5O3S/c1-13-9-14(2)11-24(10-13)19(27)15(3)29-20-23-22-18(7-6-17(21)26)25(20)12-16-5-4-8-28-16/h4-5,8,13-15H,6-7,9-12H2,1-3H3,(H2,21,26). The van der Waals surface area contributed by atoms with Crippen LogP contribution in [0.3, 0.4) is 0 Å². The summed E-state index contributed by atoms with van der Waals surface area (Å²) >= 11 is 1.39. The highest BCUT2D eigenvalue weighted by Gasteiger charge is 2.30. The minimum absolute atomic E-state index is 0.125. The van der Waals surface area contributed by atoms with Crippen LogP contribution in [-0.2, 0) is 22.6 Å². The predicted molar refractivity (Wildman–Crippen MR) is 110 cm³/mol. The molecular formula is C20H29N5O3S. The van der Waals surface area contributed by atoms with Gasteiger partial charge in [-0.3, -0.25) is 14.2 Å². The van der Waals surface area contributed by atoms with Gasteiger partial charge in [0.2, 0.25) is 11.8 Å². The van der Waals surface area contributed by atoms with Crippen molar-refractivity contribution in [2.24, 2.45) is 17.6 Å².